The largest absolute Gasteiger partial charge is 0.382 e. The standard InChI is InChI=1S/C15H15N3/c1-10-2-4-11(5-3-10)8-12-6-7-14-13(9-12)15(16)18-17-14/h2-7,9H,8H2,1H3,(H3,16,17,18). The number of hydrogen-bond acceptors (Lipinski definition) is 2. The summed E-state index contributed by atoms with van der Waals surface area (Å²) in [5, 5.41) is 7.92. The molecule has 3 rings (SSSR count). The lowest BCUT2D eigenvalue weighted by Gasteiger charge is -2.03. The quantitative estimate of drug-likeness (QED) is 0.719. The topological polar surface area (TPSA) is 54.7 Å². The van der Waals surface area contributed by atoms with E-state index in [0.717, 1.165) is 17.3 Å². The van der Waals surface area contributed by atoms with E-state index in [0.29, 0.717) is 5.82 Å². The number of hydrogen-bond donors (Lipinski definition) is 2. The molecule has 0 aliphatic rings. The Morgan fingerprint density at radius 2 is 1.78 bits per heavy atom. The fraction of sp³-hybridized carbons (Fsp3) is 0.133. The van der Waals surface area contributed by atoms with Crippen LogP contribution in [0.2, 0.25) is 0 Å². The average Bonchev–Trinajstić information content (AvgIpc) is 2.74. The Morgan fingerprint density at radius 3 is 2.56 bits per heavy atom. The van der Waals surface area contributed by atoms with Crippen molar-refractivity contribution in [1.82, 2.24) is 10.2 Å². The van der Waals surface area contributed by atoms with Crippen molar-refractivity contribution in [2.75, 3.05) is 5.73 Å². The summed E-state index contributed by atoms with van der Waals surface area (Å²) >= 11 is 0. The number of rotatable bonds is 2. The number of aromatic amines is 1. The minimum Gasteiger partial charge on any atom is -0.382 e. The Balaban J connectivity index is 1.94. The molecule has 0 aliphatic carbocycles. The number of nitrogens with one attached hydrogen (secondary N) is 1. The predicted molar refractivity (Wildman–Crippen MR) is 74.5 cm³/mol. The van der Waals surface area contributed by atoms with Gasteiger partial charge in [0.2, 0.25) is 0 Å². The van der Waals surface area contributed by atoms with Crippen molar-refractivity contribution in [3.8, 4) is 0 Å². The van der Waals surface area contributed by atoms with E-state index in [9.17, 15) is 0 Å². The van der Waals surface area contributed by atoms with Crippen LogP contribution in [-0.2, 0) is 6.42 Å². The highest BCUT2D eigenvalue weighted by Gasteiger charge is 2.03. The fourth-order valence-electron chi connectivity index (χ4n) is 2.13. The normalized spacial score (nSPS) is 10.9. The number of aryl methyl sites for hydroxylation is 1. The third-order valence-corrected chi connectivity index (χ3v) is 3.19. The second-order valence-electron chi connectivity index (χ2n) is 4.65. The molecule has 0 bridgehead atoms. The van der Waals surface area contributed by atoms with Gasteiger partial charge in [-0.25, -0.2) is 0 Å². The molecule has 3 N–H and O–H groups in total. The van der Waals surface area contributed by atoms with Crippen LogP contribution in [-0.4, -0.2) is 10.2 Å². The monoisotopic (exact) mass is 237 g/mol. The van der Waals surface area contributed by atoms with Crippen LogP contribution in [0, 0.1) is 6.92 Å². The van der Waals surface area contributed by atoms with Crippen molar-refractivity contribution >= 4 is 16.7 Å². The summed E-state index contributed by atoms with van der Waals surface area (Å²) in [6.07, 6.45) is 0.918. The molecule has 3 nitrogen and oxygen atoms in total. The molecule has 0 saturated carbocycles. The lowest BCUT2D eigenvalue weighted by atomic mass is 10.0. The summed E-state index contributed by atoms with van der Waals surface area (Å²) < 4.78 is 0. The van der Waals surface area contributed by atoms with E-state index >= 15 is 0 Å². The SMILES string of the molecule is Cc1ccc(Cc2ccc3[nH]nc(N)c3c2)cc1. The number of nitrogen functional groups attached to an aromatic ring is 1. The van der Waals surface area contributed by atoms with E-state index in [-0.39, 0.29) is 0 Å². The second-order valence-corrected chi connectivity index (χ2v) is 4.65. The molecular weight excluding hydrogens is 222 g/mol. The van der Waals surface area contributed by atoms with E-state index in [1.165, 1.54) is 16.7 Å². The van der Waals surface area contributed by atoms with E-state index in [1.807, 2.05) is 6.07 Å². The van der Waals surface area contributed by atoms with Gasteiger partial charge in [0.25, 0.3) is 0 Å². The van der Waals surface area contributed by atoms with Crippen LogP contribution in [0.5, 0.6) is 0 Å². The Labute approximate surface area is 106 Å². The van der Waals surface area contributed by atoms with Crippen molar-refractivity contribution < 1.29 is 0 Å². The van der Waals surface area contributed by atoms with Crippen molar-refractivity contribution in [2.24, 2.45) is 0 Å². The van der Waals surface area contributed by atoms with Gasteiger partial charge in [0, 0.05) is 5.39 Å². The zero-order chi connectivity index (χ0) is 12.5. The number of nitrogens with two attached hydrogens (primary N) is 1. The summed E-state index contributed by atoms with van der Waals surface area (Å²) in [6.45, 7) is 2.10. The van der Waals surface area contributed by atoms with Crippen molar-refractivity contribution in [3.63, 3.8) is 0 Å². The molecule has 90 valence electrons. The highest BCUT2D eigenvalue weighted by Crippen LogP contribution is 2.20. The number of anilines is 1. The minimum atomic E-state index is 0.566. The Hall–Kier alpha value is -2.29. The van der Waals surface area contributed by atoms with E-state index in [4.69, 9.17) is 5.73 Å². The molecule has 0 aliphatic heterocycles. The summed E-state index contributed by atoms with van der Waals surface area (Å²) in [5.74, 6) is 0.566. The average molecular weight is 237 g/mol. The smallest absolute Gasteiger partial charge is 0.153 e. The van der Waals surface area contributed by atoms with E-state index in [1.54, 1.807) is 0 Å². The zero-order valence-corrected chi connectivity index (χ0v) is 10.3. The van der Waals surface area contributed by atoms with Crippen molar-refractivity contribution in [3.05, 3.63) is 59.2 Å². The number of aromatic nitrogens is 2. The predicted octanol–water partition coefficient (Wildman–Crippen LogP) is 3.04. The third kappa shape index (κ3) is 1.95. The maximum absolute atomic E-state index is 5.82. The van der Waals surface area contributed by atoms with Crippen molar-refractivity contribution in [1.29, 1.82) is 0 Å². The van der Waals surface area contributed by atoms with Gasteiger partial charge in [-0.3, -0.25) is 5.10 Å². The highest BCUT2D eigenvalue weighted by atomic mass is 15.1. The van der Waals surface area contributed by atoms with Gasteiger partial charge in [0.05, 0.1) is 5.52 Å². The van der Waals surface area contributed by atoms with Gasteiger partial charge in [-0.15, -0.1) is 0 Å². The molecule has 0 amide bonds. The van der Waals surface area contributed by atoms with Gasteiger partial charge in [-0.2, -0.15) is 5.10 Å². The summed E-state index contributed by atoms with van der Waals surface area (Å²) in [6, 6.07) is 14.9. The van der Waals surface area contributed by atoms with Gasteiger partial charge < -0.3 is 5.73 Å². The van der Waals surface area contributed by atoms with Crippen LogP contribution in [0.15, 0.2) is 42.5 Å². The first kappa shape index (κ1) is 10.8. The molecule has 1 aromatic heterocycles. The zero-order valence-electron chi connectivity index (χ0n) is 10.3. The maximum Gasteiger partial charge on any atom is 0.153 e. The molecule has 1 heterocycles. The van der Waals surface area contributed by atoms with Crippen LogP contribution < -0.4 is 5.73 Å². The fourth-order valence-corrected chi connectivity index (χ4v) is 2.13. The summed E-state index contributed by atoms with van der Waals surface area (Å²) in [7, 11) is 0. The number of H-pyrrole nitrogens is 1. The Kier molecular flexibility index (Phi) is 2.52. The molecule has 2 aromatic carbocycles. The van der Waals surface area contributed by atoms with Crippen LogP contribution in [0.25, 0.3) is 10.9 Å². The molecule has 3 heteroatoms. The number of benzene rings is 2. The maximum atomic E-state index is 5.82. The molecule has 0 fully saturated rings. The highest BCUT2D eigenvalue weighted by molar-refractivity contribution is 5.89. The van der Waals surface area contributed by atoms with Gasteiger partial charge in [0.1, 0.15) is 0 Å². The van der Waals surface area contributed by atoms with Crippen LogP contribution in [0.4, 0.5) is 5.82 Å². The summed E-state index contributed by atoms with van der Waals surface area (Å²) in [4.78, 5) is 0. The number of nitrogens with zero attached hydrogens (tertiary/aromatic N) is 1. The Bertz CT molecular complexity index is 681. The van der Waals surface area contributed by atoms with Gasteiger partial charge >= 0.3 is 0 Å². The third-order valence-electron chi connectivity index (χ3n) is 3.19. The number of fused-ring (bicyclic) bond motifs is 1. The van der Waals surface area contributed by atoms with E-state index in [2.05, 4.69) is 53.5 Å². The first-order valence-electron chi connectivity index (χ1n) is 6.00. The lowest BCUT2D eigenvalue weighted by molar-refractivity contribution is 1.13. The van der Waals surface area contributed by atoms with E-state index < -0.39 is 0 Å². The minimum absolute atomic E-state index is 0.566. The lowest BCUT2D eigenvalue weighted by Crippen LogP contribution is -1.89. The van der Waals surface area contributed by atoms with Gasteiger partial charge in [-0.1, -0.05) is 35.9 Å². The molecule has 0 radical (unpaired) electrons. The van der Waals surface area contributed by atoms with Gasteiger partial charge in [-0.05, 0) is 36.6 Å². The first-order chi connectivity index (χ1) is 8.72. The molecule has 0 unspecified atom stereocenters. The van der Waals surface area contributed by atoms with Crippen LogP contribution >= 0.6 is 0 Å². The second kappa shape index (κ2) is 4.18. The molecule has 0 atom stereocenters. The molecule has 3 aromatic rings. The van der Waals surface area contributed by atoms with Crippen LogP contribution in [0.1, 0.15) is 16.7 Å². The van der Waals surface area contributed by atoms with Crippen molar-refractivity contribution in [2.45, 2.75) is 13.3 Å². The molecule has 18 heavy (non-hydrogen) atoms. The van der Waals surface area contributed by atoms with Crippen LogP contribution in [0.3, 0.4) is 0 Å². The molecule has 0 saturated heterocycles. The molecule has 0 spiro atoms. The summed E-state index contributed by atoms with van der Waals surface area (Å²) in [5.41, 5.74) is 10.6. The molecular formula is C15H15N3. The Morgan fingerprint density at radius 1 is 1.06 bits per heavy atom. The van der Waals surface area contributed by atoms with Gasteiger partial charge in [0.15, 0.2) is 5.82 Å². The first-order valence-corrected chi connectivity index (χ1v) is 6.00.